The van der Waals surface area contributed by atoms with E-state index in [0.29, 0.717) is 11.4 Å². The van der Waals surface area contributed by atoms with E-state index >= 15 is 0 Å². The van der Waals surface area contributed by atoms with Crippen molar-refractivity contribution in [1.82, 2.24) is 4.98 Å². The Hall–Kier alpha value is -3.19. The molecular weight excluding hydrogens is 374 g/mol. The van der Waals surface area contributed by atoms with Gasteiger partial charge in [0.1, 0.15) is 10.6 Å². The molecule has 3 rings (SSSR count). The molecule has 0 bridgehead atoms. The molecular formula is C21H21N3O3S. The summed E-state index contributed by atoms with van der Waals surface area (Å²) >= 11 is 1.53. The van der Waals surface area contributed by atoms with E-state index in [1.165, 1.54) is 17.4 Å². The molecule has 0 atom stereocenters. The third-order valence-electron chi connectivity index (χ3n) is 3.49. The largest absolute Gasteiger partial charge is 0.444 e. The molecule has 1 aromatic heterocycles. The maximum Gasteiger partial charge on any atom is 0.412 e. The lowest BCUT2D eigenvalue weighted by atomic mass is 10.2. The monoisotopic (exact) mass is 395 g/mol. The van der Waals surface area contributed by atoms with Crippen LogP contribution in [0.4, 0.5) is 16.2 Å². The predicted molar refractivity (Wildman–Crippen MR) is 114 cm³/mol. The van der Waals surface area contributed by atoms with Crippen molar-refractivity contribution in [1.29, 1.82) is 0 Å². The molecule has 0 saturated carbocycles. The maximum absolute atomic E-state index is 12.1. The van der Waals surface area contributed by atoms with E-state index in [-0.39, 0.29) is 5.91 Å². The number of fused-ring (bicyclic) bond motifs is 1. The highest BCUT2D eigenvalue weighted by Gasteiger charge is 2.16. The Morgan fingerprint density at radius 1 is 1.00 bits per heavy atom. The zero-order valence-corrected chi connectivity index (χ0v) is 16.7. The van der Waals surface area contributed by atoms with Crippen molar-refractivity contribution in [2.24, 2.45) is 0 Å². The van der Waals surface area contributed by atoms with E-state index in [1.807, 2.05) is 24.3 Å². The lowest BCUT2D eigenvalue weighted by Crippen LogP contribution is -2.27. The zero-order chi connectivity index (χ0) is 20.1. The first kappa shape index (κ1) is 19.6. The van der Waals surface area contributed by atoms with Crippen LogP contribution in [-0.4, -0.2) is 22.6 Å². The molecule has 2 amide bonds. The first-order chi connectivity index (χ1) is 13.3. The molecule has 0 radical (unpaired) electrons. The van der Waals surface area contributed by atoms with Crippen LogP contribution in [0, 0.1) is 0 Å². The summed E-state index contributed by atoms with van der Waals surface area (Å²) < 4.78 is 6.28. The van der Waals surface area contributed by atoms with Gasteiger partial charge in [0.15, 0.2) is 0 Å². The van der Waals surface area contributed by atoms with Crippen molar-refractivity contribution in [2.75, 3.05) is 10.6 Å². The van der Waals surface area contributed by atoms with Crippen LogP contribution < -0.4 is 10.6 Å². The summed E-state index contributed by atoms with van der Waals surface area (Å²) in [5, 5.41) is 6.19. The van der Waals surface area contributed by atoms with E-state index in [4.69, 9.17) is 4.74 Å². The van der Waals surface area contributed by atoms with Crippen LogP contribution in [0.15, 0.2) is 54.6 Å². The van der Waals surface area contributed by atoms with E-state index in [2.05, 4.69) is 15.6 Å². The highest BCUT2D eigenvalue weighted by molar-refractivity contribution is 7.19. The molecule has 144 valence electrons. The Morgan fingerprint density at radius 2 is 1.64 bits per heavy atom. The summed E-state index contributed by atoms with van der Waals surface area (Å²) in [6, 6.07) is 14.6. The molecule has 2 N–H and O–H groups in total. The fraction of sp³-hybridized carbons (Fsp3) is 0.190. The summed E-state index contributed by atoms with van der Waals surface area (Å²) in [6.07, 6.45) is 2.62. The van der Waals surface area contributed by atoms with Crippen LogP contribution >= 0.6 is 11.3 Å². The number of rotatable bonds is 4. The zero-order valence-electron chi connectivity index (χ0n) is 15.9. The molecule has 1 heterocycles. The number of aromatic nitrogens is 1. The van der Waals surface area contributed by atoms with Crippen molar-refractivity contribution in [3.8, 4) is 0 Å². The van der Waals surface area contributed by atoms with E-state index in [9.17, 15) is 9.59 Å². The summed E-state index contributed by atoms with van der Waals surface area (Å²) in [4.78, 5) is 28.3. The highest BCUT2D eigenvalue weighted by atomic mass is 32.1. The Labute approximate surface area is 167 Å². The molecule has 28 heavy (non-hydrogen) atoms. The number of carbonyl (C=O) groups is 2. The fourth-order valence-corrected chi connectivity index (χ4v) is 3.22. The number of para-hydroxylation sites is 1. The van der Waals surface area contributed by atoms with Crippen LogP contribution in [0.25, 0.3) is 16.3 Å². The number of benzene rings is 2. The molecule has 0 fully saturated rings. The van der Waals surface area contributed by atoms with E-state index < -0.39 is 11.7 Å². The lowest BCUT2D eigenvalue weighted by molar-refractivity contribution is -0.111. The molecule has 0 saturated heterocycles. The number of ether oxygens (including phenoxy) is 1. The molecule has 2 aromatic carbocycles. The molecule has 3 aromatic rings. The Morgan fingerprint density at radius 3 is 2.29 bits per heavy atom. The van der Waals surface area contributed by atoms with Gasteiger partial charge in [0, 0.05) is 17.5 Å². The highest BCUT2D eigenvalue weighted by Crippen LogP contribution is 2.22. The number of thiazole rings is 1. The minimum atomic E-state index is -0.562. The predicted octanol–water partition coefficient (Wildman–Crippen LogP) is 5.30. The third kappa shape index (κ3) is 5.65. The van der Waals surface area contributed by atoms with Gasteiger partial charge in [-0.25, -0.2) is 9.78 Å². The van der Waals surface area contributed by atoms with Crippen LogP contribution in [0.1, 0.15) is 25.8 Å². The number of hydrogen-bond acceptors (Lipinski definition) is 5. The van der Waals surface area contributed by atoms with Gasteiger partial charge < -0.3 is 10.1 Å². The SMILES string of the molecule is CC(C)(C)OC(=O)Nc1ccc(NC(=O)C=Cc2nc3ccccc3s2)cc1. The third-order valence-corrected chi connectivity index (χ3v) is 4.49. The van der Waals surface area contributed by atoms with Gasteiger partial charge in [-0.3, -0.25) is 10.1 Å². The van der Waals surface area contributed by atoms with Gasteiger partial charge in [-0.15, -0.1) is 11.3 Å². The summed E-state index contributed by atoms with van der Waals surface area (Å²) in [6.45, 7) is 5.40. The minimum absolute atomic E-state index is 0.257. The minimum Gasteiger partial charge on any atom is -0.444 e. The fourth-order valence-electron chi connectivity index (χ4n) is 2.35. The maximum atomic E-state index is 12.1. The second-order valence-corrected chi connectivity index (χ2v) is 8.11. The van der Waals surface area contributed by atoms with Crippen molar-refractivity contribution < 1.29 is 14.3 Å². The average molecular weight is 395 g/mol. The van der Waals surface area contributed by atoms with E-state index in [0.717, 1.165) is 15.2 Å². The second-order valence-electron chi connectivity index (χ2n) is 7.05. The number of amides is 2. The Balaban J connectivity index is 1.56. The number of nitrogens with one attached hydrogen (secondary N) is 2. The lowest BCUT2D eigenvalue weighted by Gasteiger charge is -2.19. The molecule has 7 heteroatoms. The first-order valence-corrected chi connectivity index (χ1v) is 9.55. The van der Waals surface area contributed by atoms with Crippen LogP contribution in [0.5, 0.6) is 0 Å². The van der Waals surface area contributed by atoms with Crippen molar-refractivity contribution >= 4 is 51.0 Å². The Kier molecular flexibility index (Phi) is 5.75. The van der Waals surface area contributed by atoms with Crippen LogP contribution in [-0.2, 0) is 9.53 Å². The van der Waals surface area contributed by atoms with Gasteiger partial charge in [0.05, 0.1) is 10.2 Å². The van der Waals surface area contributed by atoms with E-state index in [1.54, 1.807) is 51.1 Å². The van der Waals surface area contributed by atoms with Gasteiger partial charge in [-0.05, 0) is 63.2 Å². The van der Waals surface area contributed by atoms with Gasteiger partial charge in [0.25, 0.3) is 0 Å². The van der Waals surface area contributed by atoms with Gasteiger partial charge in [-0.2, -0.15) is 0 Å². The van der Waals surface area contributed by atoms with Crippen LogP contribution in [0.2, 0.25) is 0 Å². The van der Waals surface area contributed by atoms with Gasteiger partial charge in [-0.1, -0.05) is 12.1 Å². The van der Waals surface area contributed by atoms with Crippen molar-refractivity contribution in [3.05, 3.63) is 59.6 Å². The van der Waals surface area contributed by atoms with Crippen molar-refractivity contribution in [2.45, 2.75) is 26.4 Å². The van der Waals surface area contributed by atoms with Crippen molar-refractivity contribution in [3.63, 3.8) is 0 Å². The molecule has 0 aliphatic heterocycles. The number of carbonyl (C=O) groups excluding carboxylic acids is 2. The molecule has 6 nitrogen and oxygen atoms in total. The average Bonchev–Trinajstić information content (AvgIpc) is 3.03. The van der Waals surface area contributed by atoms with Gasteiger partial charge >= 0.3 is 6.09 Å². The summed E-state index contributed by atoms with van der Waals surface area (Å²) in [5.74, 6) is -0.257. The first-order valence-electron chi connectivity index (χ1n) is 8.73. The number of anilines is 2. The Bertz CT molecular complexity index is 984. The number of hydrogen-bond donors (Lipinski definition) is 2. The molecule has 0 spiro atoms. The molecule has 0 unspecified atom stereocenters. The quantitative estimate of drug-likeness (QED) is 0.588. The number of nitrogens with zero attached hydrogens (tertiary/aromatic N) is 1. The smallest absolute Gasteiger partial charge is 0.412 e. The topological polar surface area (TPSA) is 80.3 Å². The summed E-state index contributed by atoms with van der Waals surface area (Å²) in [5.41, 5.74) is 1.56. The second kappa shape index (κ2) is 8.22. The molecule has 0 aliphatic rings. The normalized spacial score (nSPS) is 11.5. The standard InChI is InChI=1S/C21H21N3O3S/c1-21(2,3)27-20(26)23-15-10-8-14(9-11-15)22-18(25)12-13-19-24-16-6-4-5-7-17(16)28-19/h4-13H,1-3H3,(H,22,25)(H,23,26). The van der Waals surface area contributed by atoms with Crippen LogP contribution in [0.3, 0.4) is 0 Å². The summed E-state index contributed by atoms with van der Waals surface area (Å²) in [7, 11) is 0. The molecule has 0 aliphatic carbocycles. The van der Waals surface area contributed by atoms with Gasteiger partial charge in [0.2, 0.25) is 5.91 Å².